The molecule has 49 heavy (non-hydrogen) atoms. The largest absolute Gasteiger partial charge is 0.462 e. The van der Waals surface area contributed by atoms with E-state index in [-0.39, 0.29) is 50.9 Å². The van der Waals surface area contributed by atoms with Crippen molar-refractivity contribution in [2.75, 3.05) is 19.8 Å². The molecule has 258 valence electrons. The van der Waals surface area contributed by atoms with Gasteiger partial charge in [-0.15, -0.1) is 13.2 Å². The number of amides is 3. The van der Waals surface area contributed by atoms with Crippen LogP contribution in [0.4, 0.5) is 4.79 Å². The molecule has 1 aliphatic rings. The van der Waals surface area contributed by atoms with E-state index >= 15 is 0 Å². The van der Waals surface area contributed by atoms with Crippen LogP contribution in [-0.4, -0.2) is 60.9 Å². The van der Waals surface area contributed by atoms with Crippen LogP contribution >= 0.6 is 0 Å². The van der Waals surface area contributed by atoms with Gasteiger partial charge >= 0.3 is 12.1 Å². The Labute approximate surface area is 287 Å². The minimum absolute atomic E-state index is 0.0913. The third kappa shape index (κ3) is 10.1. The van der Waals surface area contributed by atoms with Gasteiger partial charge in [-0.1, -0.05) is 91.0 Å². The van der Waals surface area contributed by atoms with Gasteiger partial charge in [0.15, 0.2) is 0 Å². The highest BCUT2D eigenvalue weighted by molar-refractivity contribution is 5.86. The molecule has 4 atom stereocenters. The number of allylic oxidation sites excluding steroid dienone is 2. The van der Waals surface area contributed by atoms with Crippen molar-refractivity contribution < 1.29 is 33.8 Å². The van der Waals surface area contributed by atoms with Crippen LogP contribution in [0.25, 0.3) is 11.1 Å². The number of hydrogen-bond acceptors (Lipinski definition) is 7. The third-order valence-corrected chi connectivity index (χ3v) is 8.43. The molecule has 0 spiro atoms. The van der Waals surface area contributed by atoms with Gasteiger partial charge < -0.3 is 30.5 Å². The Hall–Kier alpha value is -5.22. The number of nitrogens with one attached hydrogen (secondary N) is 3. The van der Waals surface area contributed by atoms with Crippen LogP contribution in [-0.2, 0) is 23.9 Å². The zero-order valence-electron chi connectivity index (χ0n) is 27.8. The number of benzene rings is 3. The van der Waals surface area contributed by atoms with Crippen LogP contribution in [0.3, 0.4) is 0 Å². The van der Waals surface area contributed by atoms with Gasteiger partial charge in [-0.2, -0.15) is 0 Å². The van der Waals surface area contributed by atoms with Gasteiger partial charge in [-0.3, -0.25) is 9.59 Å². The number of alkyl carbamates (subject to hydrolysis) is 1. The Morgan fingerprint density at radius 2 is 1.47 bits per heavy atom. The van der Waals surface area contributed by atoms with Crippen molar-refractivity contribution in [1.29, 1.82) is 0 Å². The second kappa shape index (κ2) is 18.4. The van der Waals surface area contributed by atoms with E-state index in [0.29, 0.717) is 12.0 Å². The van der Waals surface area contributed by atoms with Crippen molar-refractivity contribution >= 4 is 23.9 Å². The molecule has 0 saturated heterocycles. The number of hydrogen-bond donors (Lipinski definition) is 4. The highest BCUT2D eigenvalue weighted by Crippen LogP contribution is 2.44. The molecule has 3 aromatic rings. The Bertz CT molecular complexity index is 1560. The number of aliphatic hydroxyl groups is 1. The van der Waals surface area contributed by atoms with E-state index in [0.717, 1.165) is 22.3 Å². The summed E-state index contributed by atoms with van der Waals surface area (Å²) < 4.78 is 11.4. The van der Waals surface area contributed by atoms with Crippen LogP contribution in [0, 0.1) is 5.92 Å². The lowest BCUT2D eigenvalue weighted by Crippen LogP contribution is -2.44. The molecule has 0 bridgehead atoms. The van der Waals surface area contributed by atoms with Gasteiger partial charge in [0.25, 0.3) is 0 Å². The first-order chi connectivity index (χ1) is 23.7. The minimum atomic E-state index is -1.02. The Kier molecular flexibility index (Phi) is 13.7. The molecule has 4 rings (SSSR count). The lowest BCUT2D eigenvalue weighted by Gasteiger charge is -2.24. The molecule has 0 unspecified atom stereocenters. The number of fused-ring (bicyclic) bond motifs is 3. The molecule has 0 aromatic heterocycles. The number of esters is 1. The topological polar surface area (TPSA) is 143 Å². The quantitative estimate of drug-likeness (QED) is 0.106. The second-order valence-electron chi connectivity index (χ2n) is 12.1. The monoisotopic (exact) mass is 667 g/mol. The lowest BCUT2D eigenvalue weighted by atomic mass is 9.98. The van der Waals surface area contributed by atoms with Crippen LogP contribution in [0.2, 0.25) is 0 Å². The SMILES string of the molecule is C=CCC[C@H](NC(=O)OCC1c2ccccc2-c2ccccc21)C(=O)OC[C@@H](NC(=O)[C@H](CC=C)CC(=O)N[C@@H](C)CO)c1ccccc1. The lowest BCUT2D eigenvalue weighted by molar-refractivity contribution is -0.147. The van der Waals surface area contributed by atoms with E-state index in [4.69, 9.17) is 9.47 Å². The van der Waals surface area contributed by atoms with Crippen molar-refractivity contribution in [2.45, 2.75) is 56.7 Å². The maximum atomic E-state index is 13.4. The molecular weight excluding hydrogens is 622 g/mol. The van der Waals surface area contributed by atoms with Gasteiger partial charge in [-0.05, 0) is 54.0 Å². The zero-order chi connectivity index (χ0) is 35.2. The van der Waals surface area contributed by atoms with E-state index in [2.05, 4.69) is 41.2 Å². The fraction of sp³-hybridized carbons (Fsp3) is 0.333. The summed E-state index contributed by atoms with van der Waals surface area (Å²) >= 11 is 0. The maximum Gasteiger partial charge on any atom is 0.407 e. The fourth-order valence-electron chi connectivity index (χ4n) is 5.87. The highest BCUT2D eigenvalue weighted by Gasteiger charge is 2.31. The molecule has 10 nitrogen and oxygen atoms in total. The fourth-order valence-corrected chi connectivity index (χ4v) is 5.87. The Morgan fingerprint density at radius 1 is 0.837 bits per heavy atom. The third-order valence-electron chi connectivity index (χ3n) is 8.43. The second-order valence-corrected chi connectivity index (χ2v) is 12.1. The van der Waals surface area contributed by atoms with Crippen LogP contribution in [0.15, 0.2) is 104 Å². The van der Waals surface area contributed by atoms with Crippen molar-refractivity contribution in [1.82, 2.24) is 16.0 Å². The maximum absolute atomic E-state index is 13.4. The molecule has 0 heterocycles. The average molecular weight is 668 g/mol. The molecular formula is C39H45N3O7. The number of rotatable bonds is 18. The summed E-state index contributed by atoms with van der Waals surface area (Å²) in [5.74, 6) is -2.36. The van der Waals surface area contributed by atoms with Crippen LogP contribution in [0.1, 0.15) is 61.3 Å². The Morgan fingerprint density at radius 3 is 2.08 bits per heavy atom. The first kappa shape index (κ1) is 36.6. The molecule has 3 amide bonds. The van der Waals surface area contributed by atoms with Gasteiger partial charge in [0.05, 0.1) is 18.6 Å². The average Bonchev–Trinajstić information content (AvgIpc) is 3.44. The number of carbonyl (C=O) groups is 4. The van der Waals surface area contributed by atoms with Crippen molar-refractivity contribution in [2.24, 2.45) is 5.92 Å². The van der Waals surface area contributed by atoms with E-state index in [1.54, 1.807) is 43.3 Å². The molecule has 3 aromatic carbocycles. The molecule has 1 aliphatic carbocycles. The molecule has 0 fully saturated rings. The van der Waals surface area contributed by atoms with Crippen molar-refractivity contribution in [3.63, 3.8) is 0 Å². The highest BCUT2D eigenvalue weighted by atomic mass is 16.6. The van der Waals surface area contributed by atoms with E-state index in [1.165, 1.54) is 0 Å². The number of aliphatic hydroxyl groups excluding tert-OH is 1. The standard InChI is InChI=1S/C39H45N3O7/c1-4-6-21-34(42-39(47)49-24-33-31-19-12-10-17-29(31)30-18-11-13-20-32(30)33)38(46)48-25-35(27-15-8-7-9-16-27)41-37(45)28(14-5-2)22-36(44)40-26(3)23-43/h4-5,7-13,15-20,26,28,33-35,43H,1-2,6,14,21-25H2,3H3,(H,40,44)(H,41,45)(H,42,47)/t26-,28+,34-,35+/m0/s1. The van der Waals surface area contributed by atoms with Gasteiger partial charge in [0.1, 0.15) is 19.3 Å². The summed E-state index contributed by atoms with van der Waals surface area (Å²) in [7, 11) is 0. The molecule has 0 saturated carbocycles. The van der Waals surface area contributed by atoms with Crippen molar-refractivity contribution in [3.8, 4) is 11.1 Å². The van der Waals surface area contributed by atoms with E-state index in [9.17, 15) is 24.3 Å². The van der Waals surface area contributed by atoms with Gasteiger partial charge in [-0.25, -0.2) is 9.59 Å². The number of ether oxygens (including phenoxy) is 2. The Balaban J connectivity index is 1.40. The molecule has 10 heteroatoms. The predicted octanol–water partition coefficient (Wildman–Crippen LogP) is 5.34. The summed E-state index contributed by atoms with van der Waals surface area (Å²) in [6.07, 6.45) is 3.24. The molecule has 4 N–H and O–H groups in total. The van der Waals surface area contributed by atoms with Gasteiger partial charge in [0.2, 0.25) is 11.8 Å². The van der Waals surface area contributed by atoms with Crippen molar-refractivity contribution in [3.05, 3.63) is 121 Å². The minimum Gasteiger partial charge on any atom is -0.462 e. The van der Waals surface area contributed by atoms with E-state index in [1.807, 2.05) is 42.5 Å². The summed E-state index contributed by atoms with van der Waals surface area (Å²) in [5.41, 5.74) is 5.05. The van der Waals surface area contributed by atoms with E-state index < -0.39 is 42.0 Å². The predicted molar refractivity (Wildman–Crippen MR) is 187 cm³/mol. The first-order valence-corrected chi connectivity index (χ1v) is 16.5. The first-order valence-electron chi connectivity index (χ1n) is 16.5. The molecule has 0 aliphatic heterocycles. The smallest absolute Gasteiger partial charge is 0.407 e. The summed E-state index contributed by atoms with van der Waals surface area (Å²) in [4.78, 5) is 52.3. The molecule has 0 radical (unpaired) electrons. The van der Waals surface area contributed by atoms with Crippen LogP contribution in [0.5, 0.6) is 0 Å². The van der Waals surface area contributed by atoms with Gasteiger partial charge in [0, 0.05) is 18.4 Å². The summed E-state index contributed by atoms with van der Waals surface area (Å²) in [5, 5.41) is 17.5. The summed E-state index contributed by atoms with van der Waals surface area (Å²) in [6.45, 7) is 8.74. The zero-order valence-corrected chi connectivity index (χ0v) is 27.8. The normalized spacial score (nSPS) is 14.2. The number of carbonyl (C=O) groups excluding carboxylic acids is 4. The summed E-state index contributed by atoms with van der Waals surface area (Å²) in [6, 6.07) is 22.8. The van der Waals surface area contributed by atoms with Crippen LogP contribution < -0.4 is 16.0 Å².